The van der Waals surface area contributed by atoms with Crippen LogP contribution in [0.25, 0.3) is 0 Å². The van der Waals surface area contributed by atoms with E-state index >= 15 is 0 Å². The Morgan fingerprint density at radius 3 is 2.46 bits per heavy atom. The van der Waals surface area contributed by atoms with Crippen LogP contribution >= 0.6 is 0 Å². The van der Waals surface area contributed by atoms with E-state index in [2.05, 4.69) is 4.98 Å². The van der Waals surface area contributed by atoms with E-state index in [1.54, 1.807) is 29.6 Å². The summed E-state index contributed by atoms with van der Waals surface area (Å²) in [6.45, 7) is 4.38. The number of sulfonamides is 1. The number of hydrogen-bond donors (Lipinski definition) is 0. The zero-order valence-electron chi connectivity index (χ0n) is 14.2. The maximum atomic E-state index is 13.0. The molecule has 0 radical (unpaired) electrons. The van der Waals surface area contributed by atoms with Gasteiger partial charge in [0.05, 0.1) is 18.0 Å². The van der Waals surface area contributed by atoms with Crippen molar-refractivity contribution in [2.45, 2.75) is 37.6 Å². The maximum Gasteiger partial charge on any atom is 0.243 e. The quantitative estimate of drug-likeness (QED) is 0.853. The summed E-state index contributed by atoms with van der Waals surface area (Å²) in [5.74, 6) is 0.544. The molecule has 1 aliphatic heterocycles. The number of methoxy groups -OCH3 is 1. The van der Waals surface area contributed by atoms with Crippen molar-refractivity contribution in [1.82, 2.24) is 9.29 Å². The van der Waals surface area contributed by atoms with Crippen LogP contribution in [0.2, 0.25) is 0 Å². The number of benzene rings is 1. The summed E-state index contributed by atoms with van der Waals surface area (Å²) in [4.78, 5) is 4.74. The highest BCUT2D eigenvalue weighted by atomic mass is 32.2. The Balaban J connectivity index is 1.97. The zero-order valence-corrected chi connectivity index (χ0v) is 15.0. The number of nitrogens with zero attached hydrogens (tertiary/aromatic N) is 2. The molecule has 1 fully saturated rings. The van der Waals surface area contributed by atoms with Gasteiger partial charge in [-0.05, 0) is 44.4 Å². The third-order valence-electron chi connectivity index (χ3n) is 4.50. The molecule has 2 aromatic rings. The number of rotatable bonds is 4. The van der Waals surface area contributed by atoms with E-state index in [9.17, 15) is 8.42 Å². The predicted octanol–water partition coefficient (Wildman–Crippen LogP) is 3.23. The smallest absolute Gasteiger partial charge is 0.243 e. The standard InChI is InChI=1S/C18H22N2O3S/c1-13-6-8-15(9-7-13)24(21,22)20-12-4-5-17(20)16-10-11-18(23-3)19-14(16)2/h6-11,17H,4-5,12H2,1-3H3/t17-/m1/s1. The molecule has 2 heterocycles. The first-order chi connectivity index (χ1) is 11.4. The minimum absolute atomic E-state index is 0.172. The Kier molecular flexibility index (Phi) is 4.60. The first-order valence-corrected chi connectivity index (χ1v) is 9.47. The van der Waals surface area contributed by atoms with E-state index in [0.29, 0.717) is 17.3 Å². The van der Waals surface area contributed by atoms with Gasteiger partial charge in [-0.3, -0.25) is 0 Å². The molecule has 24 heavy (non-hydrogen) atoms. The lowest BCUT2D eigenvalue weighted by Gasteiger charge is -2.25. The lowest BCUT2D eigenvalue weighted by molar-refractivity contribution is 0.385. The van der Waals surface area contributed by atoms with Gasteiger partial charge in [-0.2, -0.15) is 4.31 Å². The fraction of sp³-hybridized carbons (Fsp3) is 0.389. The highest BCUT2D eigenvalue weighted by Crippen LogP contribution is 2.37. The van der Waals surface area contributed by atoms with Crippen LogP contribution in [0.5, 0.6) is 5.88 Å². The predicted molar refractivity (Wildman–Crippen MR) is 92.6 cm³/mol. The normalized spacial score (nSPS) is 18.7. The molecule has 1 saturated heterocycles. The molecule has 0 saturated carbocycles. The van der Waals surface area contributed by atoms with Gasteiger partial charge in [-0.25, -0.2) is 13.4 Å². The van der Waals surface area contributed by atoms with Gasteiger partial charge in [0, 0.05) is 18.3 Å². The van der Waals surface area contributed by atoms with Crippen LogP contribution < -0.4 is 4.74 Å². The molecule has 1 aliphatic rings. The molecule has 3 rings (SSSR count). The summed E-state index contributed by atoms with van der Waals surface area (Å²) in [6, 6.07) is 10.6. The van der Waals surface area contributed by atoms with Crippen molar-refractivity contribution in [2.24, 2.45) is 0 Å². The molecule has 0 unspecified atom stereocenters. The van der Waals surface area contributed by atoms with Crippen LogP contribution in [0.1, 0.15) is 35.7 Å². The summed E-state index contributed by atoms with van der Waals surface area (Å²) in [5, 5.41) is 0. The van der Waals surface area contributed by atoms with Crippen molar-refractivity contribution < 1.29 is 13.2 Å². The summed E-state index contributed by atoms with van der Waals surface area (Å²) < 4.78 is 32.8. The Morgan fingerprint density at radius 2 is 1.83 bits per heavy atom. The molecule has 0 N–H and O–H groups in total. The van der Waals surface area contributed by atoms with Crippen LogP contribution in [0, 0.1) is 13.8 Å². The van der Waals surface area contributed by atoms with Crippen molar-refractivity contribution in [3.05, 3.63) is 53.2 Å². The van der Waals surface area contributed by atoms with Crippen LogP contribution in [0.15, 0.2) is 41.3 Å². The number of hydrogen-bond acceptors (Lipinski definition) is 4. The van der Waals surface area contributed by atoms with Crippen molar-refractivity contribution in [2.75, 3.05) is 13.7 Å². The highest BCUT2D eigenvalue weighted by Gasteiger charge is 2.37. The minimum Gasteiger partial charge on any atom is -0.481 e. The Morgan fingerprint density at radius 1 is 1.12 bits per heavy atom. The van der Waals surface area contributed by atoms with Crippen LogP contribution in [0.3, 0.4) is 0 Å². The Labute approximate surface area is 143 Å². The lowest BCUT2D eigenvalue weighted by atomic mass is 10.0. The van der Waals surface area contributed by atoms with Crippen molar-refractivity contribution in [1.29, 1.82) is 0 Å². The Hall–Kier alpha value is -1.92. The second-order valence-corrected chi connectivity index (χ2v) is 8.01. The van der Waals surface area contributed by atoms with Gasteiger partial charge in [0.15, 0.2) is 0 Å². The molecule has 0 aliphatic carbocycles. The molecule has 0 amide bonds. The second kappa shape index (κ2) is 6.53. The van der Waals surface area contributed by atoms with E-state index in [0.717, 1.165) is 29.7 Å². The molecular weight excluding hydrogens is 324 g/mol. The van der Waals surface area contributed by atoms with Crippen molar-refractivity contribution in [3.63, 3.8) is 0 Å². The number of aryl methyl sites for hydroxylation is 2. The van der Waals surface area contributed by atoms with Gasteiger partial charge in [0.1, 0.15) is 0 Å². The average Bonchev–Trinajstić information content (AvgIpc) is 3.05. The van der Waals surface area contributed by atoms with Gasteiger partial charge in [0.25, 0.3) is 0 Å². The van der Waals surface area contributed by atoms with Gasteiger partial charge in [0.2, 0.25) is 15.9 Å². The first kappa shape index (κ1) is 16.9. The number of pyridine rings is 1. The van der Waals surface area contributed by atoms with E-state index in [-0.39, 0.29) is 6.04 Å². The molecule has 0 spiro atoms. The van der Waals surface area contributed by atoms with Gasteiger partial charge < -0.3 is 4.74 Å². The topological polar surface area (TPSA) is 59.5 Å². The summed E-state index contributed by atoms with van der Waals surface area (Å²) in [7, 11) is -1.94. The number of ether oxygens (including phenoxy) is 1. The first-order valence-electron chi connectivity index (χ1n) is 8.03. The third-order valence-corrected chi connectivity index (χ3v) is 6.42. The fourth-order valence-electron chi connectivity index (χ4n) is 3.20. The van der Waals surface area contributed by atoms with Crippen LogP contribution in [-0.4, -0.2) is 31.4 Å². The minimum atomic E-state index is -3.51. The molecule has 0 bridgehead atoms. The molecular formula is C18H22N2O3S. The molecule has 1 aromatic heterocycles. The zero-order chi connectivity index (χ0) is 17.3. The van der Waals surface area contributed by atoms with Gasteiger partial charge >= 0.3 is 0 Å². The van der Waals surface area contributed by atoms with Crippen molar-refractivity contribution in [3.8, 4) is 5.88 Å². The molecule has 1 atom stereocenters. The number of aromatic nitrogens is 1. The SMILES string of the molecule is COc1ccc([C@H]2CCCN2S(=O)(=O)c2ccc(C)cc2)c(C)n1. The van der Waals surface area contributed by atoms with Crippen molar-refractivity contribution >= 4 is 10.0 Å². The lowest BCUT2D eigenvalue weighted by Crippen LogP contribution is -2.31. The summed E-state index contributed by atoms with van der Waals surface area (Å²) >= 11 is 0. The van der Waals surface area contributed by atoms with E-state index in [1.165, 1.54) is 0 Å². The highest BCUT2D eigenvalue weighted by molar-refractivity contribution is 7.89. The largest absolute Gasteiger partial charge is 0.481 e. The van der Waals surface area contributed by atoms with E-state index in [4.69, 9.17) is 4.74 Å². The average molecular weight is 346 g/mol. The molecule has 128 valence electrons. The molecule has 6 heteroatoms. The van der Waals surface area contributed by atoms with Crippen LogP contribution in [-0.2, 0) is 10.0 Å². The second-order valence-electron chi connectivity index (χ2n) is 6.12. The maximum absolute atomic E-state index is 13.0. The van der Waals surface area contributed by atoms with Gasteiger partial charge in [-0.15, -0.1) is 0 Å². The van der Waals surface area contributed by atoms with Gasteiger partial charge in [-0.1, -0.05) is 23.8 Å². The van der Waals surface area contributed by atoms with Crippen LogP contribution in [0.4, 0.5) is 0 Å². The Bertz CT molecular complexity index is 832. The molecule has 1 aromatic carbocycles. The monoisotopic (exact) mass is 346 g/mol. The fourth-order valence-corrected chi connectivity index (χ4v) is 4.87. The van der Waals surface area contributed by atoms with E-state index < -0.39 is 10.0 Å². The summed E-state index contributed by atoms with van der Waals surface area (Å²) in [6.07, 6.45) is 1.65. The third kappa shape index (κ3) is 3.03. The van der Waals surface area contributed by atoms with E-state index in [1.807, 2.05) is 32.0 Å². The summed E-state index contributed by atoms with van der Waals surface area (Å²) in [5.41, 5.74) is 2.80. The molecule has 5 nitrogen and oxygen atoms in total.